The van der Waals surface area contributed by atoms with Crippen molar-refractivity contribution in [1.29, 1.82) is 0 Å². The van der Waals surface area contributed by atoms with E-state index in [1.807, 2.05) is 19.2 Å². The van der Waals surface area contributed by atoms with Crippen molar-refractivity contribution in [3.05, 3.63) is 35.0 Å². The van der Waals surface area contributed by atoms with E-state index >= 15 is 0 Å². The molecule has 5 N–H and O–H groups in total. The summed E-state index contributed by atoms with van der Waals surface area (Å²) in [6.07, 6.45) is 3.16. The third-order valence-corrected chi connectivity index (χ3v) is 4.73. The quantitative estimate of drug-likeness (QED) is 0.194. The second-order valence-electron chi connectivity index (χ2n) is 5.99. The molecule has 1 aromatic heterocycles. The largest absolute Gasteiger partial charge is 0.396 e. The SMILES string of the molecule is C=CC(NC(C)C(=O)NCCc1ccsc1)C(C)C(N)=NCCCO. The van der Waals surface area contributed by atoms with Crippen LogP contribution in [0.25, 0.3) is 0 Å². The smallest absolute Gasteiger partial charge is 0.236 e. The minimum absolute atomic E-state index is 0.0509. The van der Waals surface area contributed by atoms with Gasteiger partial charge in [0, 0.05) is 31.7 Å². The zero-order chi connectivity index (χ0) is 18.7. The zero-order valence-corrected chi connectivity index (χ0v) is 15.9. The van der Waals surface area contributed by atoms with Gasteiger partial charge in [-0.25, -0.2) is 0 Å². The van der Waals surface area contributed by atoms with Gasteiger partial charge in [-0.05, 0) is 42.2 Å². The van der Waals surface area contributed by atoms with E-state index in [1.54, 1.807) is 17.4 Å². The minimum atomic E-state index is -0.363. The number of hydrogen-bond donors (Lipinski definition) is 4. The van der Waals surface area contributed by atoms with Gasteiger partial charge in [-0.2, -0.15) is 11.3 Å². The van der Waals surface area contributed by atoms with E-state index < -0.39 is 0 Å². The first-order valence-electron chi connectivity index (χ1n) is 8.57. The van der Waals surface area contributed by atoms with Crippen LogP contribution in [0.5, 0.6) is 0 Å². The number of carbonyl (C=O) groups excluding carboxylic acids is 1. The van der Waals surface area contributed by atoms with Gasteiger partial charge in [0.05, 0.1) is 11.9 Å². The molecule has 0 aromatic carbocycles. The number of hydrogen-bond acceptors (Lipinski definition) is 5. The lowest BCUT2D eigenvalue weighted by molar-refractivity contribution is -0.122. The highest BCUT2D eigenvalue weighted by Crippen LogP contribution is 2.07. The number of nitrogens with two attached hydrogens (primary N) is 1. The van der Waals surface area contributed by atoms with Crippen LogP contribution in [-0.2, 0) is 11.2 Å². The molecule has 1 amide bonds. The highest BCUT2D eigenvalue weighted by atomic mass is 32.1. The van der Waals surface area contributed by atoms with E-state index in [9.17, 15) is 4.79 Å². The molecule has 7 heteroatoms. The Hall–Kier alpha value is -1.70. The highest BCUT2D eigenvalue weighted by molar-refractivity contribution is 7.07. The summed E-state index contributed by atoms with van der Waals surface area (Å²) >= 11 is 1.66. The number of thiophene rings is 1. The molecule has 1 aromatic rings. The molecule has 3 unspecified atom stereocenters. The summed E-state index contributed by atoms with van der Waals surface area (Å²) in [6.45, 7) is 8.79. The molecule has 25 heavy (non-hydrogen) atoms. The topological polar surface area (TPSA) is 99.7 Å². The monoisotopic (exact) mass is 366 g/mol. The third-order valence-electron chi connectivity index (χ3n) is 4.00. The molecular weight excluding hydrogens is 336 g/mol. The molecule has 0 bridgehead atoms. The Morgan fingerprint density at radius 1 is 1.52 bits per heavy atom. The Balaban J connectivity index is 2.44. The first kappa shape index (κ1) is 21.3. The number of aliphatic hydroxyl groups is 1. The summed E-state index contributed by atoms with van der Waals surface area (Å²) in [4.78, 5) is 16.5. The maximum absolute atomic E-state index is 12.2. The van der Waals surface area contributed by atoms with E-state index in [-0.39, 0.29) is 30.5 Å². The molecule has 0 spiro atoms. The maximum atomic E-state index is 12.2. The van der Waals surface area contributed by atoms with Gasteiger partial charge < -0.3 is 16.2 Å². The number of aliphatic imine (C=N–C) groups is 1. The van der Waals surface area contributed by atoms with Gasteiger partial charge in [0.2, 0.25) is 5.91 Å². The molecule has 3 atom stereocenters. The van der Waals surface area contributed by atoms with Crippen LogP contribution in [0.2, 0.25) is 0 Å². The molecule has 0 radical (unpaired) electrons. The van der Waals surface area contributed by atoms with Crippen LogP contribution in [0.15, 0.2) is 34.5 Å². The van der Waals surface area contributed by atoms with E-state index in [2.05, 4.69) is 33.7 Å². The van der Waals surface area contributed by atoms with Crippen molar-refractivity contribution >= 4 is 23.1 Å². The average Bonchev–Trinajstić information content (AvgIpc) is 3.12. The Labute approximate surface area is 154 Å². The molecule has 1 heterocycles. The van der Waals surface area contributed by atoms with Gasteiger partial charge in [-0.1, -0.05) is 13.0 Å². The lowest BCUT2D eigenvalue weighted by Gasteiger charge is -2.25. The van der Waals surface area contributed by atoms with Crippen LogP contribution in [0, 0.1) is 5.92 Å². The predicted octanol–water partition coefficient (Wildman–Crippen LogP) is 1.32. The number of nitrogens with zero attached hydrogens (tertiary/aromatic N) is 1. The fourth-order valence-electron chi connectivity index (χ4n) is 2.31. The molecule has 1 rings (SSSR count). The summed E-state index contributed by atoms with van der Waals surface area (Å²) in [5.74, 6) is 0.359. The van der Waals surface area contributed by atoms with Crippen LogP contribution in [0.3, 0.4) is 0 Å². The van der Waals surface area contributed by atoms with Crippen LogP contribution in [-0.4, -0.2) is 48.6 Å². The standard InChI is InChI=1S/C18H30N4O2S/c1-4-16(13(2)17(19)20-8-5-10-23)22-14(3)18(24)21-9-6-15-7-11-25-12-15/h4,7,11-14,16,22-23H,1,5-6,8-10H2,2-3H3,(H2,19,20)(H,21,24). The first-order chi connectivity index (χ1) is 12.0. The molecule has 140 valence electrons. The minimum Gasteiger partial charge on any atom is -0.396 e. The van der Waals surface area contributed by atoms with Crippen molar-refractivity contribution in [2.45, 2.75) is 38.8 Å². The van der Waals surface area contributed by atoms with Gasteiger partial charge in [0.25, 0.3) is 0 Å². The third kappa shape index (κ3) is 7.81. The number of aliphatic hydroxyl groups excluding tert-OH is 1. The van der Waals surface area contributed by atoms with E-state index in [1.165, 1.54) is 5.56 Å². The number of rotatable bonds is 12. The second kappa shape index (κ2) is 11.8. The van der Waals surface area contributed by atoms with E-state index in [0.717, 1.165) is 6.42 Å². The molecule has 0 saturated carbocycles. The average molecular weight is 367 g/mol. The van der Waals surface area contributed by atoms with E-state index in [4.69, 9.17) is 10.8 Å². The van der Waals surface area contributed by atoms with Crippen molar-refractivity contribution in [1.82, 2.24) is 10.6 Å². The zero-order valence-electron chi connectivity index (χ0n) is 15.1. The van der Waals surface area contributed by atoms with Crippen LogP contribution < -0.4 is 16.4 Å². The number of carbonyl (C=O) groups is 1. The van der Waals surface area contributed by atoms with Gasteiger partial charge in [-0.3, -0.25) is 15.1 Å². The van der Waals surface area contributed by atoms with Gasteiger partial charge in [0.15, 0.2) is 0 Å². The molecule has 0 saturated heterocycles. The summed E-state index contributed by atoms with van der Waals surface area (Å²) in [7, 11) is 0. The molecular formula is C18H30N4O2S. The summed E-state index contributed by atoms with van der Waals surface area (Å²) in [6, 6.07) is 1.54. The molecule has 0 aliphatic carbocycles. The van der Waals surface area contributed by atoms with Gasteiger partial charge in [-0.15, -0.1) is 6.58 Å². The lowest BCUT2D eigenvalue weighted by Crippen LogP contribution is -2.50. The second-order valence-corrected chi connectivity index (χ2v) is 6.77. The van der Waals surface area contributed by atoms with Crippen LogP contribution >= 0.6 is 11.3 Å². The highest BCUT2D eigenvalue weighted by Gasteiger charge is 2.22. The lowest BCUT2D eigenvalue weighted by atomic mass is 9.99. The molecule has 0 aliphatic heterocycles. The summed E-state index contributed by atoms with van der Waals surface area (Å²) in [5, 5.41) is 19.1. The Kier molecular flexibility index (Phi) is 10.1. The van der Waals surface area contributed by atoms with Crippen LogP contribution in [0.4, 0.5) is 0 Å². The normalized spacial score (nSPS) is 15.4. The summed E-state index contributed by atoms with van der Waals surface area (Å²) < 4.78 is 0. The fourth-order valence-corrected chi connectivity index (χ4v) is 3.01. The Morgan fingerprint density at radius 2 is 2.28 bits per heavy atom. The number of amidine groups is 1. The van der Waals surface area contributed by atoms with Gasteiger partial charge in [0.1, 0.15) is 0 Å². The van der Waals surface area contributed by atoms with Crippen molar-refractivity contribution in [2.75, 3.05) is 19.7 Å². The van der Waals surface area contributed by atoms with Crippen molar-refractivity contribution in [2.24, 2.45) is 16.6 Å². The number of nitrogens with one attached hydrogen (secondary N) is 2. The first-order valence-corrected chi connectivity index (χ1v) is 9.52. The summed E-state index contributed by atoms with van der Waals surface area (Å²) in [5.41, 5.74) is 7.23. The van der Waals surface area contributed by atoms with Gasteiger partial charge >= 0.3 is 0 Å². The fraction of sp³-hybridized carbons (Fsp3) is 0.556. The molecule has 0 fully saturated rings. The van der Waals surface area contributed by atoms with Crippen LogP contribution in [0.1, 0.15) is 25.8 Å². The predicted molar refractivity (Wildman–Crippen MR) is 105 cm³/mol. The van der Waals surface area contributed by atoms with Crippen molar-refractivity contribution in [3.8, 4) is 0 Å². The molecule has 0 aliphatic rings. The van der Waals surface area contributed by atoms with Crippen molar-refractivity contribution in [3.63, 3.8) is 0 Å². The Morgan fingerprint density at radius 3 is 2.88 bits per heavy atom. The number of amides is 1. The maximum Gasteiger partial charge on any atom is 0.236 e. The Bertz CT molecular complexity index is 545. The van der Waals surface area contributed by atoms with E-state index in [0.29, 0.717) is 25.3 Å². The van der Waals surface area contributed by atoms with Crippen molar-refractivity contribution < 1.29 is 9.90 Å². The molecule has 6 nitrogen and oxygen atoms in total.